The molecule has 1 aliphatic rings. The number of pyridine rings is 1. The van der Waals surface area contributed by atoms with E-state index in [1.807, 2.05) is 39.0 Å². The number of aromatic nitrogens is 1. The van der Waals surface area contributed by atoms with Crippen LogP contribution < -0.4 is 10.6 Å². The van der Waals surface area contributed by atoms with E-state index in [0.717, 1.165) is 18.4 Å². The van der Waals surface area contributed by atoms with E-state index >= 15 is 0 Å². The van der Waals surface area contributed by atoms with E-state index in [0.29, 0.717) is 24.2 Å². The number of ether oxygens (including phenoxy) is 1. The highest BCUT2D eigenvalue weighted by molar-refractivity contribution is 6.04. The molecule has 32 heavy (non-hydrogen) atoms. The summed E-state index contributed by atoms with van der Waals surface area (Å²) < 4.78 is 5.47. The fraction of sp³-hybridized carbons (Fsp3) is 0.417. The largest absolute Gasteiger partial charge is 0.444 e. The van der Waals surface area contributed by atoms with Gasteiger partial charge in [0, 0.05) is 36.7 Å². The highest BCUT2D eigenvalue weighted by Gasteiger charge is 2.34. The highest BCUT2D eigenvalue weighted by Crippen LogP contribution is 2.21. The maximum atomic E-state index is 12.9. The Morgan fingerprint density at radius 1 is 1.12 bits per heavy atom. The van der Waals surface area contributed by atoms with Gasteiger partial charge in [0.25, 0.3) is 5.91 Å². The standard InChI is InChI=1S/C24H30N4O4/c1-24(2,3)32-23(31)28-14-5-4-9-20(28)22(30)26-16-17-7-6-8-19(15-17)27-21(29)18-10-12-25-13-11-18/h6-8,10-13,15,20H,4-5,9,14,16H2,1-3H3,(H,26,30)(H,27,29). The summed E-state index contributed by atoms with van der Waals surface area (Å²) in [5.41, 5.74) is 1.37. The van der Waals surface area contributed by atoms with Crippen molar-refractivity contribution < 1.29 is 19.1 Å². The number of benzene rings is 1. The third kappa shape index (κ3) is 6.54. The molecule has 8 nitrogen and oxygen atoms in total. The molecule has 2 heterocycles. The van der Waals surface area contributed by atoms with E-state index in [-0.39, 0.29) is 18.4 Å². The summed E-state index contributed by atoms with van der Waals surface area (Å²) in [7, 11) is 0. The number of anilines is 1. The summed E-state index contributed by atoms with van der Waals surface area (Å²) in [6, 6.07) is 10.0. The molecule has 170 valence electrons. The number of piperidine rings is 1. The van der Waals surface area contributed by atoms with Crippen LogP contribution in [0.4, 0.5) is 10.5 Å². The molecule has 2 aromatic rings. The SMILES string of the molecule is CC(C)(C)OC(=O)N1CCCCC1C(=O)NCc1cccc(NC(=O)c2ccncc2)c1. The monoisotopic (exact) mass is 438 g/mol. The molecule has 0 spiro atoms. The Bertz CT molecular complexity index is 956. The van der Waals surface area contributed by atoms with E-state index in [2.05, 4.69) is 15.6 Å². The van der Waals surface area contributed by atoms with E-state index in [9.17, 15) is 14.4 Å². The molecule has 1 aromatic heterocycles. The third-order valence-electron chi connectivity index (χ3n) is 5.03. The van der Waals surface area contributed by atoms with Crippen LogP contribution in [0.25, 0.3) is 0 Å². The minimum absolute atomic E-state index is 0.207. The van der Waals surface area contributed by atoms with Crippen LogP contribution in [-0.4, -0.2) is 46.0 Å². The van der Waals surface area contributed by atoms with Crippen molar-refractivity contribution in [2.45, 2.75) is 58.2 Å². The first-order valence-corrected chi connectivity index (χ1v) is 10.8. The Morgan fingerprint density at radius 2 is 1.88 bits per heavy atom. The van der Waals surface area contributed by atoms with Crippen molar-refractivity contribution in [3.05, 3.63) is 59.9 Å². The second-order valence-corrected chi connectivity index (χ2v) is 8.79. The summed E-state index contributed by atoms with van der Waals surface area (Å²) in [4.78, 5) is 43.2. The first kappa shape index (κ1) is 23.2. The average molecular weight is 439 g/mol. The van der Waals surface area contributed by atoms with Crippen molar-refractivity contribution in [3.8, 4) is 0 Å². The topological polar surface area (TPSA) is 101 Å². The molecule has 3 rings (SSSR count). The summed E-state index contributed by atoms with van der Waals surface area (Å²) >= 11 is 0. The van der Waals surface area contributed by atoms with Crippen molar-refractivity contribution in [3.63, 3.8) is 0 Å². The van der Waals surface area contributed by atoms with Crippen LogP contribution in [0.3, 0.4) is 0 Å². The molecule has 3 amide bonds. The van der Waals surface area contributed by atoms with Gasteiger partial charge >= 0.3 is 6.09 Å². The zero-order chi connectivity index (χ0) is 23.1. The van der Waals surface area contributed by atoms with Crippen molar-refractivity contribution in [2.24, 2.45) is 0 Å². The molecule has 8 heteroatoms. The number of nitrogens with one attached hydrogen (secondary N) is 2. The number of likely N-dealkylation sites (tertiary alicyclic amines) is 1. The lowest BCUT2D eigenvalue weighted by Crippen LogP contribution is -2.52. The molecule has 0 saturated carbocycles. The molecule has 1 fully saturated rings. The van der Waals surface area contributed by atoms with Crippen LogP contribution in [0.15, 0.2) is 48.8 Å². The van der Waals surface area contributed by atoms with Gasteiger partial charge in [-0.3, -0.25) is 19.5 Å². The second-order valence-electron chi connectivity index (χ2n) is 8.79. The summed E-state index contributed by atoms with van der Waals surface area (Å²) in [6.45, 7) is 6.22. The normalized spacial score (nSPS) is 16.2. The predicted molar refractivity (Wildman–Crippen MR) is 121 cm³/mol. The van der Waals surface area contributed by atoms with Crippen LogP contribution in [0.2, 0.25) is 0 Å². The molecule has 1 unspecified atom stereocenters. The number of carbonyl (C=O) groups is 3. The molecular formula is C24H30N4O4. The van der Waals surface area contributed by atoms with Crippen molar-refractivity contribution in [1.82, 2.24) is 15.2 Å². The molecule has 1 aliphatic heterocycles. The van der Waals surface area contributed by atoms with Crippen LogP contribution >= 0.6 is 0 Å². The second kappa shape index (κ2) is 10.3. The molecule has 1 aromatic carbocycles. The number of nitrogens with zero attached hydrogens (tertiary/aromatic N) is 2. The lowest BCUT2D eigenvalue weighted by Gasteiger charge is -2.35. The Morgan fingerprint density at radius 3 is 2.59 bits per heavy atom. The van der Waals surface area contributed by atoms with Crippen LogP contribution in [0.1, 0.15) is 56.0 Å². The van der Waals surface area contributed by atoms with E-state index in [1.54, 1.807) is 30.6 Å². The van der Waals surface area contributed by atoms with Gasteiger partial charge in [-0.1, -0.05) is 12.1 Å². The van der Waals surface area contributed by atoms with Gasteiger partial charge in [-0.2, -0.15) is 0 Å². The maximum absolute atomic E-state index is 12.9. The number of hydrogen-bond donors (Lipinski definition) is 2. The first-order valence-electron chi connectivity index (χ1n) is 10.8. The van der Waals surface area contributed by atoms with Crippen molar-refractivity contribution in [1.29, 1.82) is 0 Å². The van der Waals surface area contributed by atoms with Gasteiger partial charge < -0.3 is 15.4 Å². The highest BCUT2D eigenvalue weighted by atomic mass is 16.6. The Labute approximate surface area is 188 Å². The van der Waals surface area contributed by atoms with Crippen LogP contribution in [0.5, 0.6) is 0 Å². The molecule has 0 radical (unpaired) electrons. The maximum Gasteiger partial charge on any atom is 0.410 e. The molecule has 0 bridgehead atoms. The van der Waals surface area contributed by atoms with Crippen LogP contribution in [0, 0.1) is 0 Å². The van der Waals surface area contributed by atoms with Gasteiger partial charge in [-0.25, -0.2) is 4.79 Å². The minimum atomic E-state index is -0.614. The Balaban J connectivity index is 1.59. The lowest BCUT2D eigenvalue weighted by molar-refractivity contribution is -0.127. The van der Waals surface area contributed by atoms with Crippen molar-refractivity contribution >= 4 is 23.6 Å². The van der Waals surface area contributed by atoms with Crippen LogP contribution in [-0.2, 0) is 16.1 Å². The van der Waals surface area contributed by atoms with Gasteiger partial charge in [0.1, 0.15) is 11.6 Å². The van der Waals surface area contributed by atoms with Crippen molar-refractivity contribution in [2.75, 3.05) is 11.9 Å². The molecular weight excluding hydrogens is 408 g/mol. The average Bonchev–Trinajstić information content (AvgIpc) is 2.77. The number of rotatable bonds is 5. The fourth-order valence-corrected chi connectivity index (χ4v) is 3.52. The van der Waals surface area contributed by atoms with E-state index < -0.39 is 17.7 Å². The molecule has 1 atom stereocenters. The minimum Gasteiger partial charge on any atom is -0.444 e. The summed E-state index contributed by atoms with van der Waals surface area (Å²) in [5.74, 6) is -0.439. The summed E-state index contributed by atoms with van der Waals surface area (Å²) in [6.07, 6.45) is 5.00. The number of hydrogen-bond acceptors (Lipinski definition) is 5. The fourth-order valence-electron chi connectivity index (χ4n) is 3.52. The summed E-state index contributed by atoms with van der Waals surface area (Å²) in [5, 5.41) is 5.76. The zero-order valence-corrected chi connectivity index (χ0v) is 18.8. The number of carbonyl (C=O) groups excluding carboxylic acids is 3. The Kier molecular flexibility index (Phi) is 7.45. The zero-order valence-electron chi connectivity index (χ0n) is 18.8. The quantitative estimate of drug-likeness (QED) is 0.741. The van der Waals surface area contributed by atoms with Gasteiger partial charge in [0.2, 0.25) is 5.91 Å². The lowest BCUT2D eigenvalue weighted by atomic mass is 10.0. The molecule has 0 aliphatic carbocycles. The van der Waals surface area contributed by atoms with Gasteiger partial charge in [0.05, 0.1) is 0 Å². The van der Waals surface area contributed by atoms with Gasteiger partial charge in [-0.05, 0) is 69.9 Å². The van der Waals surface area contributed by atoms with Gasteiger partial charge in [-0.15, -0.1) is 0 Å². The predicted octanol–water partition coefficient (Wildman–Crippen LogP) is 3.74. The number of amides is 3. The Hall–Kier alpha value is -3.42. The van der Waals surface area contributed by atoms with E-state index in [1.165, 1.54) is 4.90 Å². The molecule has 2 N–H and O–H groups in total. The smallest absolute Gasteiger partial charge is 0.410 e. The van der Waals surface area contributed by atoms with Gasteiger partial charge in [0.15, 0.2) is 0 Å². The first-order chi connectivity index (χ1) is 15.2. The van der Waals surface area contributed by atoms with E-state index in [4.69, 9.17) is 4.74 Å². The molecule has 1 saturated heterocycles. The third-order valence-corrected chi connectivity index (χ3v) is 5.03.